The number of carboxylic acids is 1. The van der Waals surface area contributed by atoms with Gasteiger partial charge in [-0.15, -0.1) is 0 Å². The van der Waals surface area contributed by atoms with E-state index in [2.05, 4.69) is 12.2 Å². The molecule has 140 valence electrons. The zero-order valence-corrected chi connectivity index (χ0v) is 15.6. The van der Waals surface area contributed by atoms with E-state index in [1.165, 1.54) is 32.1 Å². The van der Waals surface area contributed by atoms with Crippen molar-refractivity contribution in [2.24, 2.45) is 0 Å². The molecule has 1 aromatic carbocycles. The number of carbonyl (C=O) groups is 2. The second kappa shape index (κ2) is 13.5. The van der Waals surface area contributed by atoms with Crippen molar-refractivity contribution in [3.05, 3.63) is 29.8 Å². The summed E-state index contributed by atoms with van der Waals surface area (Å²) in [7, 11) is 0. The van der Waals surface area contributed by atoms with Crippen LogP contribution >= 0.6 is 0 Å². The molecule has 0 bridgehead atoms. The highest BCUT2D eigenvalue weighted by Crippen LogP contribution is 2.12. The lowest BCUT2D eigenvalue weighted by molar-refractivity contribution is -0.119. The number of unbranched alkanes of at least 4 members (excludes halogenated alkanes) is 7. The molecule has 0 heterocycles. The Morgan fingerprint density at radius 2 is 1.40 bits per heavy atom. The molecule has 25 heavy (non-hydrogen) atoms. The summed E-state index contributed by atoms with van der Waals surface area (Å²) in [6.07, 6.45) is 11.9. The summed E-state index contributed by atoms with van der Waals surface area (Å²) in [6, 6.07) is 6.78. The van der Waals surface area contributed by atoms with Crippen molar-refractivity contribution in [1.29, 1.82) is 0 Å². The Kier molecular flexibility index (Phi) is 11.4. The number of aromatic carboxylic acids is 1. The van der Waals surface area contributed by atoms with E-state index in [1.54, 1.807) is 24.3 Å². The first-order valence-electron chi connectivity index (χ1n) is 9.72. The van der Waals surface area contributed by atoms with Crippen LogP contribution in [-0.2, 0) is 4.79 Å². The fourth-order valence-corrected chi connectivity index (χ4v) is 2.81. The van der Waals surface area contributed by atoms with Gasteiger partial charge in [-0.25, -0.2) is 4.79 Å². The number of Topliss-reactive ketones (excluding diaryl/α,β-unsaturated/α-hetero) is 1. The monoisotopic (exact) mass is 347 g/mol. The van der Waals surface area contributed by atoms with E-state index in [0.717, 1.165) is 44.3 Å². The van der Waals surface area contributed by atoms with Crippen molar-refractivity contribution in [3.8, 4) is 0 Å². The minimum atomic E-state index is -0.905. The van der Waals surface area contributed by atoms with Crippen LogP contribution in [0.2, 0.25) is 0 Å². The number of nitrogens with one attached hydrogen (secondary N) is 1. The van der Waals surface area contributed by atoms with Crippen molar-refractivity contribution in [2.45, 2.75) is 77.6 Å². The smallest absolute Gasteiger partial charge is 0.335 e. The van der Waals surface area contributed by atoms with Gasteiger partial charge in [-0.2, -0.15) is 0 Å². The zero-order chi connectivity index (χ0) is 18.3. The lowest BCUT2D eigenvalue weighted by Gasteiger charge is -2.06. The van der Waals surface area contributed by atoms with Gasteiger partial charge in [0, 0.05) is 25.1 Å². The lowest BCUT2D eigenvalue weighted by atomic mass is 10.0. The van der Waals surface area contributed by atoms with E-state index in [1.807, 2.05) is 0 Å². The molecule has 0 aliphatic heterocycles. The maximum atomic E-state index is 11.8. The predicted octanol–water partition coefficient (Wildman–Crippen LogP) is 5.68. The molecule has 0 fully saturated rings. The predicted molar refractivity (Wildman–Crippen MR) is 103 cm³/mol. The maximum absolute atomic E-state index is 11.8. The molecule has 1 aromatic rings. The Hall–Kier alpha value is -1.84. The third kappa shape index (κ3) is 10.6. The number of carboxylic acid groups (broad SMARTS) is 1. The van der Waals surface area contributed by atoms with Crippen LogP contribution in [0.25, 0.3) is 0 Å². The van der Waals surface area contributed by atoms with Gasteiger partial charge >= 0.3 is 5.97 Å². The third-order valence-corrected chi connectivity index (χ3v) is 4.40. The van der Waals surface area contributed by atoms with E-state index in [4.69, 9.17) is 5.11 Å². The Bertz CT molecular complexity index is 496. The van der Waals surface area contributed by atoms with E-state index >= 15 is 0 Å². The molecular weight excluding hydrogens is 314 g/mol. The molecule has 2 N–H and O–H groups in total. The highest BCUT2D eigenvalue weighted by molar-refractivity contribution is 5.88. The van der Waals surface area contributed by atoms with Crippen molar-refractivity contribution >= 4 is 17.4 Å². The van der Waals surface area contributed by atoms with Gasteiger partial charge in [0.15, 0.2) is 0 Å². The summed E-state index contributed by atoms with van der Waals surface area (Å²) in [6.45, 7) is 3.06. The molecule has 0 radical (unpaired) electrons. The number of hydrogen-bond acceptors (Lipinski definition) is 3. The van der Waals surface area contributed by atoms with Gasteiger partial charge in [0.1, 0.15) is 5.78 Å². The standard InChI is InChI=1S/C21H33NO3/c1-2-3-4-5-6-8-11-20(23)12-9-7-10-17-22-19-15-13-18(14-16-19)21(24)25/h13-16,22H,2-12,17H2,1H3,(H,24,25). The van der Waals surface area contributed by atoms with Crippen LogP contribution in [0, 0.1) is 0 Å². The molecule has 0 aliphatic carbocycles. The molecule has 1 rings (SSSR count). The minimum absolute atomic E-state index is 0.300. The Morgan fingerprint density at radius 1 is 0.840 bits per heavy atom. The molecule has 0 saturated carbocycles. The normalized spacial score (nSPS) is 10.6. The minimum Gasteiger partial charge on any atom is -0.478 e. The fraction of sp³-hybridized carbons (Fsp3) is 0.619. The van der Waals surface area contributed by atoms with Crippen LogP contribution < -0.4 is 5.32 Å². The van der Waals surface area contributed by atoms with Crippen LogP contribution in [0.5, 0.6) is 0 Å². The van der Waals surface area contributed by atoms with Crippen LogP contribution in [-0.4, -0.2) is 23.4 Å². The topological polar surface area (TPSA) is 66.4 Å². The second-order valence-corrected chi connectivity index (χ2v) is 6.68. The number of ketones is 1. The number of benzene rings is 1. The number of hydrogen-bond donors (Lipinski definition) is 2. The van der Waals surface area contributed by atoms with Crippen molar-refractivity contribution in [2.75, 3.05) is 11.9 Å². The first-order chi connectivity index (χ1) is 12.1. The van der Waals surface area contributed by atoms with Gasteiger partial charge in [-0.1, -0.05) is 45.4 Å². The average molecular weight is 347 g/mol. The summed E-state index contributed by atoms with van der Waals surface area (Å²) >= 11 is 0. The third-order valence-electron chi connectivity index (χ3n) is 4.40. The first-order valence-corrected chi connectivity index (χ1v) is 9.72. The summed E-state index contributed by atoms with van der Waals surface area (Å²) in [5, 5.41) is 12.1. The molecule has 0 unspecified atom stereocenters. The molecule has 0 atom stereocenters. The van der Waals surface area contributed by atoms with Crippen LogP contribution in [0.1, 0.15) is 87.9 Å². The highest BCUT2D eigenvalue weighted by atomic mass is 16.4. The molecule has 0 amide bonds. The Balaban J connectivity index is 1.97. The average Bonchev–Trinajstić information content (AvgIpc) is 2.61. The Morgan fingerprint density at radius 3 is 2.00 bits per heavy atom. The van der Waals surface area contributed by atoms with Gasteiger partial charge in [0.25, 0.3) is 0 Å². The van der Waals surface area contributed by atoms with E-state index in [9.17, 15) is 9.59 Å². The summed E-state index contributed by atoms with van der Waals surface area (Å²) in [4.78, 5) is 22.6. The van der Waals surface area contributed by atoms with Gasteiger partial charge in [0.2, 0.25) is 0 Å². The largest absolute Gasteiger partial charge is 0.478 e. The quantitative estimate of drug-likeness (QED) is 0.401. The number of carbonyl (C=O) groups excluding carboxylic acids is 1. The van der Waals surface area contributed by atoms with Crippen molar-refractivity contribution in [1.82, 2.24) is 0 Å². The van der Waals surface area contributed by atoms with Crippen LogP contribution in [0.4, 0.5) is 5.69 Å². The summed E-state index contributed by atoms with van der Waals surface area (Å²) < 4.78 is 0. The van der Waals surface area contributed by atoms with Gasteiger partial charge < -0.3 is 10.4 Å². The molecule has 0 saturated heterocycles. The fourth-order valence-electron chi connectivity index (χ4n) is 2.81. The zero-order valence-electron chi connectivity index (χ0n) is 15.6. The molecule has 0 aliphatic rings. The lowest BCUT2D eigenvalue weighted by Crippen LogP contribution is -2.03. The maximum Gasteiger partial charge on any atom is 0.335 e. The summed E-state index contributed by atoms with van der Waals surface area (Å²) in [5.41, 5.74) is 1.23. The molecular formula is C21H33NO3. The Labute approximate surface area is 152 Å². The second-order valence-electron chi connectivity index (χ2n) is 6.68. The molecule has 4 nitrogen and oxygen atoms in total. The SMILES string of the molecule is CCCCCCCCC(=O)CCCCCNc1ccc(C(=O)O)cc1. The van der Waals surface area contributed by atoms with Crippen molar-refractivity contribution < 1.29 is 14.7 Å². The summed E-state index contributed by atoms with van der Waals surface area (Å²) in [5.74, 6) is -0.495. The van der Waals surface area contributed by atoms with Crippen molar-refractivity contribution in [3.63, 3.8) is 0 Å². The highest BCUT2D eigenvalue weighted by Gasteiger charge is 2.03. The van der Waals surface area contributed by atoms with Crippen LogP contribution in [0.15, 0.2) is 24.3 Å². The van der Waals surface area contributed by atoms with Gasteiger partial charge in [-0.05, 0) is 43.5 Å². The van der Waals surface area contributed by atoms with E-state index in [-0.39, 0.29) is 0 Å². The molecule has 4 heteroatoms. The molecule has 0 aromatic heterocycles. The van der Waals surface area contributed by atoms with Crippen LogP contribution in [0.3, 0.4) is 0 Å². The van der Waals surface area contributed by atoms with Gasteiger partial charge in [-0.3, -0.25) is 4.79 Å². The van der Waals surface area contributed by atoms with Gasteiger partial charge in [0.05, 0.1) is 5.56 Å². The number of rotatable bonds is 15. The molecule has 0 spiro atoms. The van der Waals surface area contributed by atoms with E-state index < -0.39 is 5.97 Å². The van der Waals surface area contributed by atoms with E-state index in [0.29, 0.717) is 17.8 Å². The number of anilines is 1. The first kappa shape index (κ1) is 21.2.